The predicted molar refractivity (Wildman–Crippen MR) is 81.0 cm³/mol. The van der Waals surface area contributed by atoms with Crippen molar-refractivity contribution in [2.75, 3.05) is 20.1 Å². The number of nitrogens with one attached hydrogen (secondary N) is 1. The monoisotopic (exact) mass is 252 g/mol. The van der Waals surface area contributed by atoms with Crippen molar-refractivity contribution in [3.63, 3.8) is 0 Å². The summed E-state index contributed by atoms with van der Waals surface area (Å²) in [7, 11) is 2.11. The van der Waals surface area contributed by atoms with E-state index in [0.29, 0.717) is 6.04 Å². The van der Waals surface area contributed by atoms with E-state index in [1.807, 2.05) is 0 Å². The fraction of sp³-hybridized carbons (Fsp3) is 0.875. The topological polar surface area (TPSA) is 15.3 Å². The van der Waals surface area contributed by atoms with Gasteiger partial charge in [0.15, 0.2) is 0 Å². The van der Waals surface area contributed by atoms with Gasteiger partial charge in [0.05, 0.1) is 0 Å². The van der Waals surface area contributed by atoms with E-state index in [9.17, 15) is 0 Å². The standard InChI is InChI=1S/C16H32N2/c1-6-18(7-2)16(3,4)15(17-5)14-12-10-8-9-11-13-14/h12,15,17H,6-11,13H2,1-5H3. The van der Waals surface area contributed by atoms with Crippen molar-refractivity contribution in [1.29, 1.82) is 0 Å². The second-order valence-corrected chi connectivity index (χ2v) is 5.93. The number of rotatable bonds is 6. The van der Waals surface area contributed by atoms with E-state index in [4.69, 9.17) is 0 Å². The van der Waals surface area contributed by atoms with Gasteiger partial charge in [-0.15, -0.1) is 0 Å². The van der Waals surface area contributed by atoms with Gasteiger partial charge in [-0.25, -0.2) is 0 Å². The molecule has 18 heavy (non-hydrogen) atoms. The Morgan fingerprint density at radius 1 is 1.22 bits per heavy atom. The first-order chi connectivity index (χ1) is 8.57. The fourth-order valence-electron chi connectivity index (χ4n) is 3.52. The van der Waals surface area contributed by atoms with Gasteiger partial charge in [0, 0.05) is 11.6 Å². The highest BCUT2D eigenvalue weighted by molar-refractivity contribution is 5.18. The third kappa shape index (κ3) is 3.58. The van der Waals surface area contributed by atoms with Crippen molar-refractivity contribution >= 4 is 0 Å². The minimum absolute atomic E-state index is 0.189. The van der Waals surface area contributed by atoms with Gasteiger partial charge >= 0.3 is 0 Å². The van der Waals surface area contributed by atoms with Crippen LogP contribution in [0.5, 0.6) is 0 Å². The summed E-state index contributed by atoms with van der Waals surface area (Å²) in [5.74, 6) is 0. The molecule has 1 aliphatic rings. The second-order valence-electron chi connectivity index (χ2n) is 5.93. The molecule has 0 fully saturated rings. The molecule has 1 rings (SSSR count). The number of nitrogens with zero attached hydrogens (tertiary/aromatic N) is 1. The molecule has 0 aromatic heterocycles. The van der Waals surface area contributed by atoms with E-state index in [2.05, 4.69) is 51.0 Å². The van der Waals surface area contributed by atoms with Crippen LogP contribution >= 0.6 is 0 Å². The van der Waals surface area contributed by atoms with Crippen molar-refractivity contribution in [1.82, 2.24) is 10.2 Å². The Kier molecular flexibility index (Phi) is 6.37. The van der Waals surface area contributed by atoms with E-state index in [0.717, 1.165) is 13.1 Å². The molecule has 0 aromatic carbocycles. The van der Waals surface area contributed by atoms with Crippen LogP contribution < -0.4 is 5.32 Å². The smallest absolute Gasteiger partial charge is 0.0458 e. The number of hydrogen-bond donors (Lipinski definition) is 1. The summed E-state index contributed by atoms with van der Waals surface area (Å²) < 4.78 is 0. The van der Waals surface area contributed by atoms with Gasteiger partial charge in [-0.1, -0.05) is 31.9 Å². The van der Waals surface area contributed by atoms with Crippen LogP contribution in [0.25, 0.3) is 0 Å². The quantitative estimate of drug-likeness (QED) is 0.727. The molecule has 0 saturated carbocycles. The SMILES string of the molecule is CCN(CC)C(C)(C)C(NC)C1=CCCCCC1. The van der Waals surface area contributed by atoms with E-state index in [1.54, 1.807) is 5.57 Å². The van der Waals surface area contributed by atoms with Crippen LogP contribution in [0.1, 0.15) is 59.8 Å². The molecule has 0 aliphatic heterocycles. The molecule has 0 heterocycles. The third-order valence-electron chi connectivity index (χ3n) is 4.52. The normalized spacial score (nSPS) is 19.6. The van der Waals surface area contributed by atoms with Gasteiger partial charge in [0.1, 0.15) is 0 Å². The molecule has 2 heteroatoms. The van der Waals surface area contributed by atoms with Gasteiger partial charge in [-0.3, -0.25) is 4.90 Å². The molecule has 0 bridgehead atoms. The zero-order valence-electron chi connectivity index (χ0n) is 13.1. The van der Waals surface area contributed by atoms with Crippen LogP contribution in [0.2, 0.25) is 0 Å². The predicted octanol–water partition coefficient (Wildman–Crippen LogP) is 3.59. The molecule has 0 radical (unpaired) electrons. The Labute approximate surface area is 114 Å². The van der Waals surface area contributed by atoms with Crippen molar-refractivity contribution < 1.29 is 0 Å². The largest absolute Gasteiger partial charge is 0.312 e. The van der Waals surface area contributed by atoms with Gasteiger partial charge in [0.25, 0.3) is 0 Å². The molecule has 0 aromatic rings. The summed E-state index contributed by atoms with van der Waals surface area (Å²) in [6, 6.07) is 0.482. The summed E-state index contributed by atoms with van der Waals surface area (Å²) in [6.45, 7) is 11.5. The number of allylic oxidation sites excluding steroid dienone is 1. The molecule has 1 N–H and O–H groups in total. The van der Waals surface area contributed by atoms with Crippen LogP contribution in [-0.2, 0) is 0 Å². The zero-order valence-corrected chi connectivity index (χ0v) is 13.1. The van der Waals surface area contributed by atoms with Crippen LogP contribution in [0.3, 0.4) is 0 Å². The zero-order chi connectivity index (χ0) is 13.6. The maximum Gasteiger partial charge on any atom is 0.0458 e. The molecule has 1 aliphatic carbocycles. The average Bonchev–Trinajstić information content (AvgIpc) is 2.60. The molecular formula is C16H32N2. The lowest BCUT2D eigenvalue weighted by Gasteiger charge is -2.44. The van der Waals surface area contributed by atoms with Crippen LogP contribution in [0, 0.1) is 0 Å². The van der Waals surface area contributed by atoms with Crippen LogP contribution in [0.4, 0.5) is 0 Å². The Hall–Kier alpha value is -0.340. The van der Waals surface area contributed by atoms with Crippen LogP contribution in [-0.4, -0.2) is 36.6 Å². The molecule has 0 amide bonds. The van der Waals surface area contributed by atoms with E-state index < -0.39 is 0 Å². The molecule has 2 nitrogen and oxygen atoms in total. The Bertz CT molecular complexity index is 264. The highest BCUT2D eigenvalue weighted by Crippen LogP contribution is 2.29. The van der Waals surface area contributed by atoms with E-state index >= 15 is 0 Å². The molecule has 0 saturated heterocycles. The first-order valence-corrected chi connectivity index (χ1v) is 7.69. The summed E-state index contributed by atoms with van der Waals surface area (Å²) >= 11 is 0. The molecule has 1 atom stereocenters. The first kappa shape index (κ1) is 15.7. The maximum atomic E-state index is 3.58. The molecule has 106 valence electrons. The highest BCUT2D eigenvalue weighted by atomic mass is 15.2. The Morgan fingerprint density at radius 3 is 2.44 bits per heavy atom. The van der Waals surface area contributed by atoms with Gasteiger partial charge in [-0.05, 0) is 59.7 Å². The average molecular weight is 252 g/mol. The van der Waals surface area contributed by atoms with Gasteiger partial charge < -0.3 is 5.32 Å². The Morgan fingerprint density at radius 2 is 1.89 bits per heavy atom. The number of likely N-dealkylation sites (N-methyl/N-ethyl adjacent to an activating group) is 2. The van der Waals surface area contributed by atoms with Crippen molar-refractivity contribution in [2.45, 2.75) is 71.4 Å². The summed E-state index contributed by atoms with van der Waals surface area (Å²) in [6.07, 6.45) is 9.16. The molecule has 1 unspecified atom stereocenters. The minimum Gasteiger partial charge on any atom is -0.312 e. The number of hydrogen-bond acceptors (Lipinski definition) is 2. The fourth-order valence-corrected chi connectivity index (χ4v) is 3.52. The second kappa shape index (κ2) is 7.30. The Balaban J connectivity index is 2.89. The minimum atomic E-state index is 0.189. The lowest BCUT2D eigenvalue weighted by molar-refractivity contribution is 0.106. The van der Waals surface area contributed by atoms with Crippen molar-refractivity contribution in [3.8, 4) is 0 Å². The third-order valence-corrected chi connectivity index (χ3v) is 4.52. The lowest BCUT2D eigenvalue weighted by atomic mass is 9.84. The van der Waals surface area contributed by atoms with E-state index in [-0.39, 0.29) is 5.54 Å². The highest BCUT2D eigenvalue weighted by Gasteiger charge is 2.35. The lowest BCUT2D eigenvalue weighted by Crippen LogP contribution is -2.57. The van der Waals surface area contributed by atoms with Crippen molar-refractivity contribution in [3.05, 3.63) is 11.6 Å². The first-order valence-electron chi connectivity index (χ1n) is 7.69. The van der Waals surface area contributed by atoms with Crippen LogP contribution in [0.15, 0.2) is 11.6 Å². The maximum absolute atomic E-state index is 3.58. The summed E-state index contributed by atoms with van der Waals surface area (Å²) in [5.41, 5.74) is 1.82. The van der Waals surface area contributed by atoms with Gasteiger partial charge in [-0.2, -0.15) is 0 Å². The van der Waals surface area contributed by atoms with Gasteiger partial charge in [0.2, 0.25) is 0 Å². The molecule has 0 spiro atoms. The van der Waals surface area contributed by atoms with E-state index in [1.165, 1.54) is 32.1 Å². The summed E-state index contributed by atoms with van der Waals surface area (Å²) in [4.78, 5) is 2.57. The molecular weight excluding hydrogens is 220 g/mol. The summed E-state index contributed by atoms with van der Waals surface area (Å²) in [5, 5.41) is 3.58. The van der Waals surface area contributed by atoms with Crippen molar-refractivity contribution in [2.24, 2.45) is 0 Å².